The Morgan fingerprint density at radius 1 is 1.19 bits per heavy atom. The molecule has 2 aromatic carbocycles. The molecule has 0 aromatic heterocycles. The standard InChI is InChI=1S/C19H21FN2O3S/c1-14-3-9-17(22-11-2-12-26(22,24)25)13-18(14)21-19(23)10-6-15-4-7-16(20)8-5-15/h3-5,7-9,13H,2,6,10-12H2,1H3,(H,21,23). The highest BCUT2D eigenvalue weighted by Gasteiger charge is 2.28. The summed E-state index contributed by atoms with van der Waals surface area (Å²) < 4.78 is 38.5. The summed E-state index contributed by atoms with van der Waals surface area (Å²) in [6, 6.07) is 11.3. The van der Waals surface area contributed by atoms with Crippen molar-refractivity contribution >= 4 is 27.3 Å². The predicted octanol–water partition coefficient (Wildman–Crippen LogP) is 3.25. The number of nitrogens with one attached hydrogen (secondary N) is 1. The summed E-state index contributed by atoms with van der Waals surface area (Å²) >= 11 is 0. The average Bonchev–Trinajstić information content (AvgIpc) is 2.95. The Morgan fingerprint density at radius 3 is 2.58 bits per heavy atom. The van der Waals surface area contributed by atoms with Gasteiger partial charge in [-0.25, -0.2) is 12.8 Å². The summed E-state index contributed by atoms with van der Waals surface area (Å²) in [6.07, 6.45) is 1.37. The predicted molar refractivity (Wildman–Crippen MR) is 100 cm³/mol. The molecular weight excluding hydrogens is 355 g/mol. The minimum atomic E-state index is -3.26. The number of hydrogen-bond donors (Lipinski definition) is 1. The molecule has 1 aliphatic heterocycles. The van der Waals surface area contributed by atoms with Gasteiger partial charge in [0.15, 0.2) is 0 Å². The van der Waals surface area contributed by atoms with Crippen LogP contribution in [-0.4, -0.2) is 26.6 Å². The molecule has 1 saturated heterocycles. The monoisotopic (exact) mass is 376 g/mol. The first kappa shape index (κ1) is 18.4. The van der Waals surface area contributed by atoms with E-state index in [0.717, 1.165) is 11.1 Å². The molecule has 1 amide bonds. The molecule has 0 saturated carbocycles. The molecule has 5 nitrogen and oxygen atoms in total. The van der Waals surface area contributed by atoms with Gasteiger partial charge in [-0.2, -0.15) is 0 Å². The van der Waals surface area contributed by atoms with E-state index in [1.54, 1.807) is 30.3 Å². The number of amides is 1. The summed E-state index contributed by atoms with van der Waals surface area (Å²) in [4.78, 5) is 12.2. The maximum Gasteiger partial charge on any atom is 0.235 e. The van der Waals surface area contributed by atoms with Crippen LogP contribution < -0.4 is 9.62 Å². The molecule has 1 aliphatic rings. The van der Waals surface area contributed by atoms with Crippen LogP contribution in [0, 0.1) is 12.7 Å². The number of halogens is 1. The second-order valence-electron chi connectivity index (χ2n) is 6.42. The van der Waals surface area contributed by atoms with E-state index in [-0.39, 0.29) is 23.9 Å². The van der Waals surface area contributed by atoms with Crippen LogP contribution in [-0.2, 0) is 21.2 Å². The third-order valence-electron chi connectivity index (χ3n) is 4.44. The van der Waals surface area contributed by atoms with E-state index < -0.39 is 10.0 Å². The highest BCUT2D eigenvalue weighted by atomic mass is 32.2. The first-order chi connectivity index (χ1) is 12.3. The lowest BCUT2D eigenvalue weighted by molar-refractivity contribution is -0.116. The van der Waals surface area contributed by atoms with Crippen molar-refractivity contribution in [2.24, 2.45) is 0 Å². The maximum atomic E-state index is 12.9. The molecule has 3 rings (SSSR count). The van der Waals surface area contributed by atoms with Crippen LogP contribution in [0.3, 0.4) is 0 Å². The quantitative estimate of drug-likeness (QED) is 0.871. The molecule has 26 heavy (non-hydrogen) atoms. The molecule has 0 atom stereocenters. The van der Waals surface area contributed by atoms with Gasteiger partial charge in [0.05, 0.1) is 11.4 Å². The molecule has 1 N–H and O–H groups in total. The summed E-state index contributed by atoms with van der Waals surface area (Å²) in [5.74, 6) is -0.318. The minimum Gasteiger partial charge on any atom is -0.326 e. The highest BCUT2D eigenvalue weighted by molar-refractivity contribution is 7.93. The fraction of sp³-hybridized carbons (Fsp3) is 0.316. The second-order valence-corrected chi connectivity index (χ2v) is 8.43. The van der Waals surface area contributed by atoms with Gasteiger partial charge in [-0.1, -0.05) is 18.2 Å². The zero-order valence-electron chi connectivity index (χ0n) is 14.5. The summed E-state index contributed by atoms with van der Waals surface area (Å²) in [7, 11) is -3.26. The third-order valence-corrected chi connectivity index (χ3v) is 6.31. The van der Waals surface area contributed by atoms with E-state index >= 15 is 0 Å². The molecule has 0 unspecified atom stereocenters. The lowest BCUT2D eigenvalue weighted by atomic mass is 10.1. The zero-order valence-corrected chi connectivity index (χ0v) is 15.4. The van der Waals surface area contributed by atoms with Crippen LogP contribution in [0.5, 0.6) is 0 Å². The van der Waals surface area contributed by atoms with E-state index in [1.807, 2.05) is 6.92 Å². The zero-order chi connectivity index (χ0) is 18.7. The van der Waals surface area contributed by atoms with Gasteiger partial charge in [0.2, 0.25) is 15.9 Å². The van der Waals surface area contributed by atoms with Gasteiger partial charge in [-0.3, -0.25) is 9.10 Å². The van der Waals surface area contributed by atoms with Gasteiger partial charge in [-0.05, 0) is 55.2 Å². The van der Waals surface area contributed by atoms with Crippen molar-refractivity contribution in [3.8, 4) is 0 Å². The lowest BCUT2D eigenvalue weighted by Gasteiger charge is -2.19. The Balaban J connectivity index is 1.68. The first-order valence-electron chi connectivity index (χ1n) is 8.50. The molecule has 7 heteroatoms. The fourth-order valence-electron chi connectivity index (χ4n) is 2.95. The molecular formula is C19H21FN2O3S. The number of carbonyl (C=O) groups excluding carboxylic acids is 1. The molecule has 138 valence electrons. The average molecular weight is 376 g/mol. The normalized spacial score (nSPS) is 15.8. The van der Waals surface area contributed by atoms with Crippen molar-refractivity contribution in [2.45, 2.75) is 26.2 Å². The molecule has 0 spiro atoms. The minimum absolute atomic E-state index is 0.153. The number of nitrogens with zero attached hydrogens (tertiary/aromatic N) is 1. The molecule has 0 bridgehead atoms. The Bertz CT molecular complexity index is 911. The van der Waals surface area contributed by atoms with Gasteiger partial charge in [-0.15, -0.1) is 0 Å². The van der Waals surface area contributed by atoms with Crippen molar-refractivity contribution in [1.29, 1.82) is 0 Å². The van der Waals surface area contributed by atoms with Crippen molar-refractivity contribution in [3.63, 3.8) is 0 Å². The topological polar surface area (TPSA) is 66.5 Å². The Hall–Kier alpha value is -2.41. The summed E-state index contributed by atoms with van der Waals surface area (Å²) in [5.41, 5.74) is 2.92. The molecule has 1 fully saturated rings. The van der Waals surface area contributed by atoms with Crippen LogP contribution in [0.4, 0.5) is 15.8 Å². The van der Waals surface area contributed by atoms with E-state index in [2.05, 4.69) is 5.32 Å². The van der Waals surface area contributed by atoms with Crippen LogP contribution in [0.1, 0.15) is 24.0 Å². The molecule has 0 radical (unpaired) electrons. The van der Waals surface area contributed by atoms with Crippen LogP contribution in [0.2, 0.25) is 0 Å². The molecule has 2 aromatic rings. The number of benzene rings is 2. The van der Waals surface area contributed by atoms with Crippen molar-refractivity contribution < 1.29 is 17.6 Å². The van der Waals surface area contributed by atoms with Crippen molar-refractivity contribution in [3.05, 3.63) is 59.4 Å². The van der Waals surface area contributed by atoms with Crippen molar-refractivity contribution in [2.75, 3.05) is 21.9 Å². The Kier molecular flexibility index (Phi) is 5.27. The SMILES string of the molecule is Cc1ccc(N2CCCS2(=O)=O)cc1NC(=O)CCc1ccc(F)cc1. The largest absolute Gasteiger partial charge is 0.326 e. The Labute approximate surface area is 152 Å². The van der Waals surface area contributed by atoms with E-state index in [1.165, 1.54) is 16.4 Å². The maximum absolute atomic E-state index is 12.9. The smallest absolute Gasteiger partial charge is 0.235 e. The number of aryl methyl sites for hydroxylation is 2. The van der Waals surface area contributed by atoms with Crippen LogP contribution in [0.15, 0.2) is 42.5 Å². The van der Waals surface area contributed by atoms with Crippen molar-refractivity contribution in [1.82, 2.24) is 0 Å². The first-order valence-corrected chi connectivity index (χ1v) is 10.1. The molecule has 0 aliphatic carbocycles. The fourth-order valence-corrected chi connectivity index (χ4v) is 4.51. The molecule has 1 heterocycles. The summed E-state index contributed by atoms with van der Waals surface area (Å²) in [6.45, 7) is 2.32. The van der Waals surface area contributed by atoms with Crippen LogP contribution in [0.25, 0.3) is 0 Å². The van der Waals surface area contributed by atoms with E-state index in [4.69, 9.17) is 0 Å². The third kappa shape index (κ3) is 4.22. The highest BCUT2D eigenvalue weighted by Crippen LogP contribution is 2.28. The number of rotatable bonds is 5. The van der Waals surface area contributed by atoms with Gasteiger partial charge >= 0.3 is 0 Å². The van der Waals surface area contributed by atoms with Crippen LogP contribution >= 0.6 is 0 Å². The van der Waals surface area contributed by atoms with Gasteiger partial charge < -0.3 is 5.32 Å². The van der Waals surface area contributed by atoms with Gasteiger partial charge in [0, 0.05) is 18.7 Å². The second kappa shape index (κ2) is 7.45. The van der Waals surface area contributed by atoms with E-state index in [9.17, 15) is 17.6 Å². The lowest BCUT2D eigenvalue weighted by Crippen LogP contribution is -2.25. The Morgan fingerprint density at radius 2 is 1.92 bits per heavy atom. The number of hydrogen-bond acceptors (Lipinski definition) is 3. The van der Waals surface area contributed by atoms with Gasteiger partial charge in [0.25, 0.3) is 0 Å². The van der Waals surface area contributed by atoms with E-state index in [0.29, 0.717) is 30.8 Å². The number of sulfonamides is 1. The van der Waals surface area contributed by atoms with Gasteiger partial charge in [0.1, 0.15) is 5.82 Å². The number of anilines is 2. The number of carbonyl (C=O) groups is 1. The summed E-state index contributed by atoms with van der Waals surface area (Å²) in [5, 5.41) is 2.85.